The first-order valence-corrected chi connectivity index (χ1v) is 26.0. The Hall–Kier alpha value is -3.28. The smallest absolute Gasteiger partial charge is 0.143 e. The number of nitrogen functional groups attached to an aromatic ring is 1. The zero-order chi connectivity index (χ0) is 57.3. The van der Waals surface area contributed by atoms with Crippen LogP contribution in [0.4, 0.5) is 5.69 Å². The maximum atomic E-state index is 11.3. The van der Waals surface area contributed by atoms with E-state index in [-0.39, 0.29) is 5.41 Å². The van der Waals surface area contributed by atoms with Crippen LogP contribution in [0.5, 0.6) is 0 Å². The van der Waals surface area contributed by atoms with Crippen molar-refractivity contribution >= 4 is 17.8 Å². The quantitative estimate of drug-likeness (QED) is 0.106. The molecule has 69 heavy (non-hydrogen) atoms. The van der Waals surface area contributed by atoms with Gasteiger partial charge in [0.25, 0.3) is 0 Å². The van der Waals surface area contributed by atoms with Gasteiger partial charge in [-0.05, 0) is 110 Å². The van der Waals surface area contributed by atoms with Crippen LogP contribution in [0.2, 0.25) is 0 Å². The first-order chi connectivity index (χ1) is 31.1. The number of benzene rings is 1. The van der Waals surface area contributed by atoms with E-state index in [0.29, 0.717) is 46.6 Å². The van der Waals surface area contributed by atoms with Gasteiger partial charge in [0.05, 0.1) is 6.54 Å². The second-order valence-corrected chi connectivity index (χ2v) is 24.4. The molecule has 0 bridgehead atoms. The molecule has 0 heterocycles. The summed E-state index contributed by atoms with van der Waals surface area (Å²) in [5, 5.41) is 0. The van der Waals surface area contributed by atoms with Crippen molar-refractivity contribution in [3.05, 3.63) is 105 Å². The third kappa shape index (κ3) is 122. The van der Waals surface area contributed by atoms with Gasteiger partial charge in [-0.1, -0.05) is 227 Å². The Morgan fingerprint density at radius 3 is 1.25 bits per heavy atom. The highest BCUT2D eigenvalue weighted by molar-refractivity contribution is 5.77. The van der Waals surface area contributed by atoms with Crippen LogP contribution in [0.3, 0.4) is 0 Å². The summed E-state index contributed by atoms with van der Waals surface area (Å²) < 4.78 is 0. The molecule has 410 valence electrons. The summed E-state index contributed by atoms with van der Waals surface area (Å²) in [6.07, 6.45) is 17.5. The minimum absolute atomic E-state index is 0.285. The van der Waals surface area contributed by atoms with Crippen molar-refractivity contribution in [3.8, 4) is 0 Å². The number of allylic oxidation sites excluding steroid dienone is 3. The lowest BCUT2D eigenvalue weighted by Crippen LogP contribution is -2.44. The molecule has 0 radical (unpaired) electrons. The number of nitrogens with zero attached hydrogens (tertiary/aromatic N) is 1. The summed E-state index contributed by atoms with van der Waals surface area (Å²) in [7, 11) is 0. The number of anilines is 1. The Balaban J connectivity index is -0.0000000869. The largest absolute Gasteiger partial charge is 0.399 e. The first kappa shape index (κ1) is 85.6. The third-order valence-corrected chi connectivity index (χ3v) is 8.28. The van der Waals surface area contributed by atoms with Crippen LogP contribution in [0.25, 0.3) is 0 Å². The zero-order valence-corrected chi connectivity index (χ0v) is 51.6. The molecule has 0 aromatic heterocycles. The van der Waals surface area contributed by atoms with Crippen molar-refractivity contribution in [3.63, 3.8) is 0 Å². The van der Waals surface area contributed by atoms with Gasteiger partial charge in [-0.15, -0.1) is 32.9 Å². The molecule has 1 aliphatic rings. The van der Waals surface area contributed by atoms with Crippen LogP contribution in [-0.4, -0.2) is 42.6 Å². The lowest BCUT2D eigenvalue weighted by atomic mass is 9.90. The fourth-order valence-corrected chi connectivity index (χ4v) is 3.94. The average molecular weight is 971 g/mol. The summed E-state index contributed by atoms with van der Waals surface area (Å²) in [5.74, 6) is 1.07. The van der Waals surface area contributed by atoms with Crippen LogP contribution in [0.15, 0.2) is 99.7 Å². The molecule has 1 aliphatic carbocycles. The molecular weight excluding hydrogens is 843 g/mol. The number of aldehydes is 1. The minimum atomic E-state index is 0.285. The van der Waals surface area contributed by atoms with Gasteiger partial charge >= 0.3 is 0 Å². The van der Waals surface area contributed by atoms with E-state index >= 15 is 0 Å². The fourth-order valence-electron chi connectivity index (χ4n) is 3.94. The van der Waals surface area contributed by atoms with Gasteiger partial charge in [0.2, 0.25) is 0 Å². The summed E-state index contributed by atoms with van der Waals surface area (Å²) in [4.78, 5) is 22.6. The van der Waals surface area contributed by atoms with E-state index in [2.05, 4.69) is 208 Å². The monoisotopic (exact) mass is 970 g/mol. The second kappa shape index (κ2) is 52.5. The highest BCUT2D eigenvalue weighted by Gasteiger charge is 2.25. The van der Waals surface area contributed by atoms with Crippen molar-refractivity contribution in [2.45, 2.75) is 237 Å². The lowest BCUT2D eigenvalue weighted by molar-refractivity contribution is -0.119. The van der Waals surface area contributed by atoms with Gasteiger partial charge < -0.3 is 16.3 Å². The number of rotatable bonds is 10. The summed E-state index contributed by atoms with van der Waals surface area (Å²) in [6, 6.07) is 8.81. The predicted molar refractivity (Wildman–Crippen MR) is 325 cm³/mol. The number of Topliss-reactive ketones (excluding diaryl/α,β-unsaturated/α-hetero) is 1. The molecule has 1 unspecified atom stereocenters. The minimum Gasteiger partial charge on any atom is -0.399 e. The predicted octanol–water partition coefficient (Wildman–Crippen LogP) is 19.7. The van der Waals surface area contributed by atoms with Gasteiger partial charge in [0.1, 0.15) is 12.1 Å². The Morgan fingerprint density at radius 1 is 0.739 bits per heavy atom. The van der Waals surface area contributed by atoms with Gasteiger partial charge in [-0.25, -0.2) is 0 Å². The second-order valence-electron chi connectivity index (χ2n) is 24.4. The van der Waals surface area contributed by atoms with Crippen molar-refractivity contribution in [1.29, 1.82) is 0 Å². The number of ketones is 1. The maximum absolute atomic E-state index is 11.3. The molecule has 4 N–H and O–H groups in total. The highest BCUT2D eigenvalue weighted by atomic mass is 16.1. The molecule has 0 aliphatic heterocycles. The van der Waals surface area contributed by atoms with Crippen molar-refractivity contribution < 1.29 is 9.59 Å². The molecule has 2 rings (SSSR count). The Labute approximate surface area is 436 Å². The SMILES string of the molecule is C=C.C=C(C)CC.C=CC.C=CC(=C)CN.C=CC(C)(C)C.CC(=O)CN(CC(C)(C)C)C1CCCCC1.CC(C)(C)C.CC(C)(C)C.CC=O.CCC(C)(C)C.CCC(C)Cc1ccc(N)cc1. The van der Waals surface area contributed by atoms with Crippen molar-refractivity contribution in [2.24, 2.45) is 38.7 Å². The van der Waals surface area contributed by atoms with Crippen LogP contribution in [0, 0.1) is 33.0 Å². The van der Waals surface area contributed by atoms with Crippen LogP contribution >= 0.6 is 0 Å². The van der Waals surface area contributed by atoms with E-state index in [1.54, 1.807) is 19.1 Å². The van der Waals surface area contributed by atoms with Crippen LogP contribution < -0.4 is 11.5 Å². The molecule has 0 spiro atoms. The third-order valence-electron chi connectivity index (χ3n) is 8.28. The molecule has 1 atom stereocenters. The number of carbonyl (C=O) groups is 2. The van der Waals surface area contributed by atoms with E-state index in [0.717, 1.165) is 42.9 Å². The molecule has 1 aromatic rings. The highest BCUT2D eigenvalue weighted by Crippen LogP contribution is 2.26. The standard InChI is InChI=1S/C14H27NO.C11H17N.C6H14.C6H12.C5H9N.2C5H12.C5H10.C3H6.C2H4O.C2H4/c1-12(16)10-15(11-14(2,3)4)13-8-6-5-7-9-13;1-3-9(2)8-10-4-6-11(12)7-5-10;2*1-5-6(2,3)4;1-3-5(2)4-6;2*1-5(2,3)4;1-4-5(2)3;1-3-2;1-2-3;1-2/h13H,5-11H2,1-4H3;4-7,9H,3,8,12H2,1-2H3;5H2,1-4H3;5H,1H2,2-4H3;3H,1-2,4,6H2;2*1-4H3;2,4H2,1,3H3;3H,1H2,2H3;2H,1H3;1-2H2. The zero-order valence-electron chi connectivity index (χ0n) is 51.6. The normalized spacial score (nSPS) is 12.0. The number of nitrogens with two attached hydrogens (primary N) is 2. The molecular formula is C64H127N3O2. The molecule has 1 fully saturated rings. The molecule has 1 saturated carbocycles. The van der Waals surface area contributed by atoms with Gasteiger partial charge in [0.15, 0.2) is 0 Å². The lowest BCUT2D eigenvalue weighted by Gasteiger charge is -2.37. The van der Waals surface area contributed by atoms with Crippen molar-refractivity contribution in [2.75, 3.05) is 25.4 Å². The molecule has 0 amide bonds. The Bertz CT molecular complexity index is 1280. The van der Waals surface area contributed by atoms with Crippen LogP contribution in [-0.2, 0) is 16.0 Å². The van der Waals surface area contributed by atoms with E-state index in [4.69, 9.17) is 16.3 Å². The summed E-state index contributed by atoms with van der Waals surface area (Å²) >= 11 is 0. The molecule has 0 saturated heterocycles. The van der Waals surface area contributed by atoms with E-state index in [1.807, 2.05) is 32.1 Å². The average Bonchev–Trinajstić information content (AvgIpc) is 3.21. The van der Waals surface area contributed by atoms with Gasteiger partial charge in [-0.2, -0.15) is 0 Å². The Kier molecular flexibility index (Phi) is 65.2. The van der Waals surface area contributed by atoms with Crippen LogP contribution in [0.1, 0.15) is 230 Å². The van der Waals surface area contributed by atoms with Gasteiger partial charge in [-0.3, -0.25) is 9.69 Å². The molecule has 5 nitrogen and oxygen atoms in total. The Morgan fingerprint density at radius 2 is 1.06 bits per heavy atom. The number of hydrogen-bond donors (Lipinski definition) is 2. The first-order valence-electron chi connectivity index (χ1n) is 26.0. The maximum Gasteiger partial charge on any atom is 0.143 e. The van der Waals surface area contributed by atoms with Crippen molar-refractivity contribution in [1.82, 2.24) is 4.90 Å². The molecule has 1 aromatic carbocycles. The van der Waals surface area contributed by atoms with E-state index in [1.165, 1.54) is 63.0 Å². The topological polar surface area (TPSA) is 89.4 Å². The molecule has 5 heteroatoms. The van der Waals surface area contributed by atoms with E-state index in [9.17, 15) is 4.79 Å². The van der Waals surface area contributed by atoms with E-state index < -0.39 is 0 Å². The summed E-state index contributed by atoms with van der Waals surface area (Å²) in [5.41, 5.74) is 17.2. The number of hydrogen-bond acceptors (Lipinski definition) is 5. The fraction of sp³-hybridized carbons (Fsp3) is 0.688. The summed E-state index contributed by atoms with van der Waals surface area (Å²) in [6.45, 7) is 79.1. The van der Waals surface area contributed by atoms with Gasteiger partial charge in [0, 0.05) is 24.8 Å². The number of carbonyl (C=O) groups excluding carboxylic acids is 2.